The number of para-hydroxylation sites is 1. The zero-order chi connectivity index (χ0) is 17.7. The molecule has 1 N–H and O–H groups in total. The lowest BCUT2D eigenvalue weighted by atomic mass is 10.0. The Labute approximate surface area is 157 Å². The van der Waals surface area contributed by atoms with E-state index in [0.29, 0.717) is 16.6 Å². The number of hydrogen-bond acceptors (Lipinski definition) is 6. The molecule has 4 aromatic rings. The van der Waals surface area contributed by atoms with Crippen LogP contribution in [0, 0.1) is 6.92 Å². The second-order valence-corrected chi connectivity index (χ2v) is 8.51. The summed E-state index contributed by atoms with van der Waals surface area (Å²) in [6, 6.07) is 11.9. The molecule has 1 aromatic carbocycles. The minimum atomic E-state index is -0.591. The van der Waals surface area contributed by atoms with Crippen LogP contribution in [-0.4, -0.2) is 16.0 Å². The monoisotopic (exact) mass is 381 g/mol. The van der Waals surface area contributed by atoms with E-state index in [4.69, 9.17) is 4.52 Å². The first-order valence-corrected chi connectivity index (χ1v) is 10.0. The number of carbonyl (C=O) groups is 1. The summed E-state index contributed by atoms with van der Waals surface area (Å²) in [7, 11) is 0. The van der Waals surface area contributed by atoms with Gasteiger partial charge in [-0.15, -0.1) is 11.3 Å². The van der Waals surface area contributed by atoms with Crippen molar-refractivity contribution in [3.8, 4) is 10.6 Å². The van der Waals surface area contributed by atoms with Gasteiger partial charge in [0.2, 0.25) is 5.91 Å². The molecule has 1 aliphatic carbocycles. The highest BCUT2D eigenvalue weighted by atomic mass is 32.1. The van der Waals surface area contributed by atoms with Crippen LogP contribution >= 0.6 is 22.7 Å². The number of fused-ring (bicyclic) bond motifs is 1. The molecule has 1 aliphatic rings. The molecule has 0 bridgehead atoms. The Bertz CT molecular complexity index is 1110. The number of benzene rings is 1. The standard InChI is InChI=1S/C19H15N3O2S2/c1-11-4-2-5-14-16(11)20-18(26-14)21-17(23)19(7-8-19)15-10-12(24-22-15)13-6-3-9-25-13/h2-6,9-10H,7-8H2,1H3,(H,20,21,23). The summed E-state index contributed by atoms with van der Waals surface area (Å²) in [6.45, 7) is 2.03. The van der Waals surface area contributed by atoms with Crippen LogP contribution in [0.4, 0.5) is 5.13 Å². The zero-order valence-corrected chi connectivity index (χ0v) is 15.6. The number of thiophene rings is 1. The van der Waals surface area contributed by atoms with Gasteiger partial charge in [-0.1, -0.05) is 34.7 Å². The topological polar surface area (TPSA) is 68.0 Å². The Kier molecular flexibility index (Phi) is 3.48. The Morgan fingerprint density at radius 1 is 1.27 bits per heavy atom. The largest absolute Gasteiger partial charge is 0.355 e. The Balaban J connectivity index is 1.41. The van der Waals surface area contributed by atoms with Gasteiger partial charge in [-0.25, -0.2) is 4.98 Å². The molecule has 1 saturated carbocycles. The summed E-state index contributed by atoms with van der Waals surface area (Å²) in [6.07, 6.45) is 1.55. The molecule has 1 amide bonds. The van der Waals surface area contributed by atoms with Crippen molar-refractivity contribution in [2.75, 3.05) is 5.32 Å². The van der Waals surface area contributed by atoms with Crippen molar-refractivity contribution in [2.24, 2.45) is 0 Å². The summed E-state index contributed by atoms with van der Waals surface area (Å²) in [4.78, 5) is 18.5. The second kappa shape index (κ2) is 5.75. The van der Waals surface area contributed by atoms with E-state index in [2.05, 4.69) is 15.5 Å². The first kappa shape index (κ1) is 15.7. The van der Waals surface area contributed by atoms with Crippen LogP contribution in [0.2, 0.25) is 0 Å². The average molecular weight is 381 g/mol. The van der Waals surface area contributed by atoms with Gasteiger partial charge >= 0.3 is 0 Å². The molecule has 0 aliphatic heterocycles. The van der Waals surface area contributed by atoms with Gasteiger partial charge in [0.1, 0.15) is 0 Å². The van der Waals surface area contributed by atoms with Crippen LogP contribution in [0.15, 0.2) is 46.3 Å². The van der Waals surface area contributed by atoms with E-state index in [1.54, 1.807) is 11.3 Å². The van der Waals surface area contributed by atoms with Gasteiger partial charge in [-0.05, 0) is 42.8 Å². The molecule has 5 nitrogen and oxygen atoms in total. The number of amides is 1. The number of aryl methyl sites for hydroxylation is 1. The Hall–Kier alpha value is -2.51. The predicted molar refractivity (Wildman–Crippen MR) is 104 cm³/mol. The third kappa shape index (κ3) is 2.47. The van der Waals surface area contributed by atoms with E-state index in [1.165, 1.54) is 11.3 Å². The second-order valence-electron chi connectivity index (χ2n) is 6.53. The maximum Gasteiger partial charge on any atom is 0.238 e. The third-order valence-corrected chi connectivity index (χ3v) is 6.61. The maximum absolute atomic E-state index is 12.9. The molecule has 0 atom stereocenters. The summed E-state index contributed by atoms with van der Waals surface area (Å²) >= 11 is 3.09. The number of nitrogens with zero attached hydrogens (tertiary/aromatic N) is 2. The van der Waals surface area contributed by atoms with Crippen LogP contribution in [0.3, 0.4) is 0 Å². The van der Waals surface area contributed by atoms with Gasteiger partial charge < -0.3 is 9.84 Å². The summed E-state index contributed by atoms with van der Waals surface area (Å²) < 4.78 is 6.54. The van der Waals surface area contributed by atoms with Crippen molar-refractivity contribution < 1.29 is 9.32 Å². The van der Waals surface area contributed by atoms with E-state index in [9.17, 15) is 4.79 Å². The van der Waals surface area contributed by atoms with Crippen molar-refractivity contribution >= 4 is 43.9 Å². The van der Waals surface area contributed by atoms with E-state index >= 15 is 0 Å². The van der Waals surface area contributed by atoms with Gasteiger partial charge in [-0.3, -0.25) is 4.79 Å². The van der Waals surface area contributed by atoms with Gasteiger partial charge in [0.25, 0.3) is 0 Å². The highest BCUT2D eigenvalue weighted by molar-refractivity contribution is 7.22. The maximum atomic E-state index is 12.9. The first-order chi connectivity index (χ1) is 12.7. The lowest BCUT2D eigenvalue weighted by Crippen LogP contribution is -2.28. The van der Waals surface area contributed by atoms with Crippen LogP contribution in [-0.2, 0) is 10.2 Å². The molecule has 1 fully saturated rings. The number of carbonyl (C=O) groups excluding carboxylic acids is 1. The fraction of sp³-hybridized carbons (Fsp3) is 0.211. The SMILES string of the molecule is Cc1cccc2sc(NC(=O)C3(c4cc(-c5cccs5)on4)CC3)nc12. The number of thiazole rings is 1. The zero-order valence-electron chi connectivity index (χ0n) is 14.0. The molecular formula is C19H15N3O2S2. The molecule has 0 unspecified atom stereocenters. The van der Waals surface area contributed by atoms with E-state index in [-0.39, 0.29) is 5.91 Å². The summed E-state index contributed by atoms with van der Waals surface area (Å²) in [5.74, 6) is 0.657. The van der Waals surface area contributed by atoms with E-state index in [1.807, 2.05) is 48.7 Å². The molecule has 130 valence electrons. The number of aromatic nitrogens is 2. The minimum Gasteiger partial charge on any atom is -0.355 e. The molecule has 26 heavy (non-hydrogen) atoms. The molecule has 7 heteroatoms. The number of nitrogens with one attached hydrogen (secondary N) is 1. The van der Waals surface area contributed by atoms with Crippen LogP contribution in [0.1, 0.15) is 24.1 Å². The molecule has 0 radical (unpaired) electrons. The van der Waals surface area contributed by atoms with Gasteiger partial charge in [0.05, 0.1) is 26.2 Å². The normalized spacial score (nSPS) is 15.3. The molecule has 5 rings (SSSR count). The number of rotatable bonds is 4. The lowest BCUT2D eigenvalue weighted by Gasteiger charge is -2.10. The van der Waals surface area contributed by atoms with Gasteiger partial charge in [0.15, 0.2) is 10.9 Å². The van der Waals surface area contributed by atoms with Crippen molar-refractivity contribution in [1.82, 2.24) is 10.1 Å². The Morgan fingerprint density at radius 3 is 2.88 bits per heavy atom. The fourth-order valence-electron chi connectivity index (χ4n) is 3.12. The first-order valence-electron chi connectivity index (χ1n) is 8.34. The quantitative estimate of drug-likeness (QED) is 0.541. The number of anilines is 1. The average Bonchev–Trinajstić information content (AvgIpc) is 3.03. The molecular weight excluding hydrogens is 366 g/mol. The highest BCUT2D eigenvalue weighted by Crippen LogP contribution is 2.49. The molecule has 3 heterocycles. The van der Waals surface area contributed by atoms with Gasteiger partial charge in [-0.2, -0.15) is 0 Å². The third-order valence-electron chi connectivity index (χ3n) is 4.79. The lowest BCUT2D eigenvalue weighted by molar-refractivity contribution is -0.118. The smallest absolute Gasteiger partial charge is 0.238 e. The Morgan fingerprint density at radius 2 is 2.15 bits per heavy atom. The summed E-state index contributed by atoms with van der Waals surface area (Å²) in [5.41, 5.74) is 2.17. The number of hydrogen-bond donors (Lipinski definition) is 1. The van der Waals surface area contributed by atoms with Crippen LogP contribution in [0.5, 0.6) is 0 Å². The van der Waals surface area contributed by atoms with Gasteiger partial charge in [0, 0.05) is 6.07 Å². The molecule has 0 saturated heterocycles. The van der Waals surface area contributed by atoms with E-state index < -0.39 is 5.41 Å². The van der Waals surface area contributed by atoms with Crippen molar-refractivity contribution in [2.45, 2.75) is 25.2 Å². The predicted octanol–water partition coefficient (Wildman–Crippen LogP) is 4.99. The van der Waals surface area contributed by atoms with Crippen LogP contribution < -0.4 is 5.32 Å². The highest BCUT2D eigenvalue weighted by Gasteiger charge is 2.54. The molecule has 3 aromatic heterocycles. The van der Waals surface area contributed by atoms with Crippen molar-refractivity contribution in [3.05, 3.63) is 53.0 Å². The summed E-state index contributed by atoms with van der Waals surface area (Å²) in [5, 5.41) is 9.80. The van der Waals surface area contributed by atoms with Crippen LogP contribution in [0.25, 0.3) is 20.9 Å². The fourth-order valence-corrected chi connectivity index (χ4v) is 4.73. The minimum absolute atomic E-state index is 0.0553. The molecule has 0 spiro atoms. The van der Waals surface area contributed by atoms with Crippen molar-refractivity contribution in [1.29, 1.82) is 0 Å². The van der Waals surface area contributed by atoms with Crippen molar-refractivity contribution in [3.63, 3.8) is 0 Å². The van der Waals surface area contributed by atoms with E-state index in [0.717, 1.165) is 33.5 Å².